The molecule has 0 heterocycles. The van der Waals surface area contributed by atoms with Gasteiger partial charge in [-0.25, -0.2) is 0 Å². The minimum Gasteiger partial charge on any atom is -0.396 e. The molecule has 0 radical (unpaired) electrons. The van der Waals surface area contributed by atoms with Gasteiger partial charge in [0.15, 0.2) is 0 Å². The lowest BCUT2D eigenvalue weighted by Gasteiger charge is -2.21. The molecule has 0 aliphatic heterocycles. The Morgan fingerprint density at radius 3 is 1.43 bits per heavy atom. The van der Waals surface area contributed by atoms with E-state index in [9.17, 15) is 0 Å². The fraction of sp³-hybridized carbons (Fsp3) is 0.800. The molecule has 0 fully saturated rings. The maximum atomic E-state index is 8.79. The van der Waals surface area contributed by atoms with Gasteiger partial charge in [0.05, 0.1) is 12.1 Å². The number of hydrogen-bond donors (Lipinski definition) is 2. The van der Waals surface area contributed by atoms with Crippen molar-refractivity contribution in [3.63, 3.8) is 0 Å². The molecule has 0 aliphatic rings. The summed E-state index contributed by atoms with van der Waals surface area (Å²) in [5.41, 5.74) is 0. The number of nitriles is 2. The highest BCUT2D eigenvalue weighted by atomic mass is 16.3. The summed E-state index contributed by atoms with van der Waals surface area (Å²) < 4.78 is 0. The Hall–Kier alpha value is -1.10. The second kappa shape index (κ2) is 8.50. The van der Waals surface area contributed by atoms with Crippen LogP contribution in [-0.4, -0.2) is 23.4 Å². The van der Waals surface area contributed by atoms with E-state index in [1.807, 2.05) is 12.1 Å². The van der Waals surface area contributed by atoms with E-state index in [2.05, 4.69) is 0 Å². The van der Waals surface area contributed by atoms with Gasteiger partial charge in [0.2, 0.25) is 0 Å². The van der Waals surface area contributed by atoms with Crippen LogP contribution in [0.1, 0.15) is 25.7 Å². The van der Waals surface area contributed by atoms with Gasteiger partial charge in [-0.2, -0.15) is 10.5 Å². The van der Waals surface area contributed by atoms with E-state index in [0.29, 0.717) is 25.7 Å². The van der Waals surface area contributed by atoms with E-state index in [4.69, 9.17) is 20.7 Å². The second-order valence-corrected chi connectivity index (χ2v) is 3.27. The predicted octanol–water partition coefficient (Wildman–Crippen LogP) is 0.811. The Morgan fingerprint density at radius 2 is 1.21 bits per heavy atom. The van der Waals surface area contributed by atoms with Gasteiger partial charge in [-0.15, -0.1) is 0 Å². The van der Waals surface area contributed by atoms with Gasteiger partial charge in [0, 0.05) is 26.1 Å². The Morgan fingerprint density at radius 1 is 0.857 bits per heavy atom. The molecule has 78 valence electrons. The minimum atomic E-state index is 0.0248. The Bertz CT molecular complexity index is 193. The fourth-order valence-corrected chi connectivity index (χ4v) is 1.58. The van der Waals surface area contributed by atoms with Gasteiger partial charge in [0.25, 0.3) is 0 Å². The van der Waals surface area contributed by atoms with Crippen molar-refractivity contribution in [1.82, 2.24) is 0 Å². The molecule has 0 aromatic rings. The SMILES string of the molecule is N#CC[C@@H](CCO)[C@@H](CC#N)CCO. The summed E-state index contributed by atoms with van der Waals surface area (Å²) in [6, 6.07) is 4.10. The number of aliphatic hydroxyl groups excluding tert-OH is 2. The third kappa shape index (κ3) is 4.81. The zero-order valence-electron chi connectivity index (χ0n) is 8.19. The van der Waals surface area contributed by atoms with Crippen LogP contribution in [0.4, 0.5) is 0 Å². The maximum absolute atomic E-state index is 8.79. The lowest BCUT2D eigenvalue weighted by Crippen LogP contribution is -2.17. The molecular formula is C10H16N2O2. The van der Waals surface area contributed by atoms with Gasteiger partial charge >= 0.3 is 0 Å². The fourth-order valence-electron chi connectivity index (χ4n) is 1.58. The van der Waals surface area contributed by atoms with Crippen molar-refractivity contribution in [1.29, 1.82) is 10.5 Å². The van der Waals surface area contributed by atoms with E-state index in [0.717, 1.165) is 0 Å². The summed E-state index contributed by atoms with van der Waals surface area (Å²) >= 11 is 0. The molecule has 0 aliphatic carbocycles. The number of hydrogen-bond acceptors (Lipinski definition) is 4. The molecule has 0 unspecified atom stereocenters. The minimum absolute atomic E-state index is 0.0248. The van der Waals surface area contributed by atoms with Crippen molar-refractivity contribution < 1.29 is 10.2 Å². The van der Waals surface area contributed by atoms with E-state index in [1.165, 1.54) is 0 Å². The van der Waals surface area contributed by atoms with Crippen LogP contribution in [0.15, 0.2) is 0 Å². The molecular weight excluding hydrogens is 180 g/mol. The van der Waals surface area contributed by atoms with Crippen molar-refractivity contribution in [2.45, 2.75) is 25.7 Å². The molecule has 2 N–H and O–H groups in total. The molecule has 0 amide bonds. The van der Waals surface area contributed by atoms with Crippen molar-refractivity contribution in [3.05, 3.63) is 0 Å². The largest absolute Gasteiger partial charge is 0.396 e. The molecule has 4 heteroatoms. The molecule has 14 heavy (non-hydrogen) atoms. The summed E-state index contributed by atoms with van der Waals surface area (Å²) in [5.74, 6) is 0.0496. The summed E-state index contributed by atoms with van der Waals surface area (Å²) in [6.07, 6.45) is 1.74. The smallest absolute Gasteiger partial charge is 0.0624 e. The predicted molar refractivity (Wildman–Crippen MR) is 50.8 cm³/mol. The van der Waals surface area contributed by atoms with Crippen molar-refractivity contribution in [2.24, 2.45) is 11.8 Å². The zero-order valence-corrected chi connectivity index (χ0v) is 8.19. The molecule has 0 spiro atoms. The van der Waals surface area contributed by atoms with Crippen LogP contribution >= 0.6 is 0 Å². The first-order chi connectivity index (χ1) is 6.79. The molecule has 0 aromatic carbocycles. The van der Waals surface area contributed by atoms with Crippen LogP contribution in [-0.2, 0) is 0 Å². The average Bonchev–Trinajstić information content (AvgIpc) is 2.17. The van der Waals surface area contributed by atoms with Gasteiger partial charge in [-0.05, 0) is 24.7 Å². The highest BCUT2D eigenvalue weighted by Crippen LogP contribution is 2.25. The Balaban J connectivity index is 4.23. The highest BCUT2D eigenvalue weighted by Gasteiger charge is 2.20. The first-order valence-electron chi connectivity index (χ1n) is 4.75. The second-order valence-electron chi connectivity index (χ2n) is 3.27. The number of nitrogens with zero attached hydrogens (tertiary/aromatic N) is 2. The van der Waals surface area contributed by atoms with Crippen LogP contribution in [0.25, 0.3) is 0 Å². The first kappa shape index (κ1) is 12.9. The van der Waals surface area contributed by atoms with Crippen molar-refractivity contribution >= 4 is 0 Å². The molecule has 0 saturated carbocycles. The van der Waals surface area contributed by atoms with E-state index >= 15 is 0 Å². The quantitative estimate of drug-likeness (QED) is 0.630. The zero-order chi connectivity index (χ0) is 10.8. The lowest BCUT2D eigenvalue weighted by atomic mass is 9.83. The van der Waals surface area contributed by atoms with E-state index in [1.54, 1.807) is 0 Å². The average molecular weight is 196 g/mol. The summed E-state index contributed by atoms with van der Waals surface area (Å²) in [5, 5.41) is 34.7. The lowest BCUT2D eigenvalue weighted by molar-refractivity contribution is 0.185. The van der Waals surface area contributed by atoms with Crippen molar-refractivity contribution in [2.75, 3.05) is 13.2 Å². The Labute approximate surface area is 84.4 Å². The number of rotatable bonds is 7. The maximum Gasteiger partial charge on any atom is 0.0624 e. The highest BCUT2D eigenvalue weighted by molar-refractivity contribution is 4.85. The molecule has 0 saturated heterocycles. The third-order valence-electron chi connectivity index (χ3n) is 2.37. The van der Waals surface area contributed by atoms with E-state index < -0.39 is 0 Å². The Kier molecular flexibility index (Phi) is 7.83. The summed E-state index contributed by atoms with van der Waals surface area (Å²) in [6.45, 7) is 0.0550. The van der Waals surface area contributed by atoms with Crippen LogP contribution in [0, 0.1) is 34.5 Å². The van der Waals surface area contributed by atoms with Gasteiger partial charge in [-0.1, -0.05) is 0 Å². The molecule has 0 rings (SSSR count). The molecule has 2 atom stereocenters. The van der Waals surface area contributed by atoms with Gasteiger partial charge in [0.1, 0.15) is 0 Å². The van der Waals surface area contributed by atoms with Gasteiger partial charge in [-0.3, -0.25) is 0 Å². The van der Waals surface area contributed by atoms with Crippen molar-refractivity contribution in [3.8, 4) is 12.1 Å². The van der Waals surface area contributed by atoms with Gasteiger partial charge < -0.3 is 10.2 Å². The normalized spacial score (nSPS) is 14.0. The topological polar surface area (TPSA) is 88.0 Å². The van der Waals surface area contributed by atoms with Crippen LogP contribution < -0.4 is 0 Å². The molecule has 0 aromatic heterocycles. The molecule has 4 nitrogen and oxygen atoms in total. The van der Waals surface area contributed by atoms with Crippen LogP contribution in [0.5, 0.6) is 0 Å². The first-order valence-corrected chi connectivity index (χ1v) is 4.75. The standard InChI is InChI=1S/C10H16N2O2/c11-5-1-9(3-7-13)10(2-6-12)4-8-14/h9-10,13-14H,1-4,7-8H2/t9-,10-/m0/s1. The number of aliphatic hydroxyl groups is 2. The summed E-state index contributed by atoms with van der Waals surface area (Å²) in [7, 11) is 0. The third-order valence-corrected chi connectivity index (χ3v) is 2.37. The molecule has 0 bridgehead atoms. The monoisotopic (exact) mass is 196 g/mol. The summed E-state index contributed by atoms with van der Waals surface area (Å²) in [4.78, 5) is 0. The van der Waals surface area contributed by atoms with Crippen LogP contribution in [0.2, 0.25) is 0 Å². The van der Waals surface area contributed by atoms with E-state index in [-0.39, 0.29) is 25.0 Å². The van der Waals surface area contributed by atoms with Crippen LogP contribution in [0.3, 0.4) is 0 Å².